The summed E-state index contributed by atoms with van der Waals surface area (Å²) in [5, 5.41) is 8.52. The number of aromatic nitrogens is 3. The minimum Gasteiger partial charge on any atom is -0.333 e. The van der Waals surface area contributed by atoms with Crippen LogP contribution in [0.25, 0.3) is 0 Å². The highest BCUT2D eigenvalue weighted by Crippen LogP contribution is 2.48. The van der Waals surface area contributed by atoms with Crippen LogP contribution < -0.4 is 4.90 Å². The first-order chi connectivity index (χ1) is 13.8. The van der Waals surface area contributed by atoms with E-state index in [-0.39, 0.29) is 5.82 Å². The van der Waals surface area contributed by atoms with Crippen LogP contribution in [0.15, 0.2) is 88.8 Å². The number of fused-ring (bicyclic) bond motifs is 2. The Kier molecular flexibility index (Phi) is 4.33. The molecule has 138 valence electrons. The lowest BCUT2D eigenvalue weighted by molar-refractivity contribution is 0.577. The van der Waals surface area contributed by atoms with Crippen LogP contribution in [-0.4, -0.2) is 15.0 Å². The van der Waals surface area contributed by atoms with Crippen molar-refractivity contribution in [2.75, 3.05) is 4.90 Å². The molecule has 4 nitrogen and oxygen atoms in total. The zero-order valence-corrected chi connectivity index (χ0v) is 15.8. The van der Waals surface area contributed by atoms with E-state index in [0.29, 0.717) is 18.7 Å². The van der Waals surface area contributed by atoms with Crippen molar-refractivity contribution in [3.63, 3.8) is 0 Å². The van der Waals surface area contributed by atoms with Crippen LogP contribution in [0.5, 0.6) is 0 Å². The standard InChI is InChI=1S/C22H17FN4S/c23-18-8-2-1-7-16(18)13-26-14-17(24-25-26)15-27-19-9-3-5-11-21(19)28-22-12-6-4-10-20(22)27/h1-12,14H,13,15H2. The van der Waals surface area contributed by atoms with Gasteiger partial charge in [-0.2, -0.15) is 0 Å². The monoisotopic (exact) mass is 388 g/mol. The third kappa shape index (κ3) is 3.16. The number of halogens is 1. The molecular formula is C22H17FN4S. The third-order valence-electron chi connectivity index (χ3n) is 4.73. The van der Waals surface area contributed by atoms with Gasteiger partial charge in [0.2, 0.25) is 0 Å². The third-order valence-corrected chi connectivity index (χ3v) is 5.86. The van der Waals surface area contributed by atoms with Crippen LogP contribution in [0.1, 0.15) is 11.3 Å². The Morgan fingerprint density at radius 3 is 2.14 bits per heavy atom. The largest absolute Gasteiger partial charge is 0.333 e. The molecule has 0 unspecified atom stereocenters. The molecule has 0 amide bonds. The molecule has 0 atom stereocenters. The van der Waals surface area contributed by atoms with E-state index in [1.165, 1.54) is 15.9 Å². The Morgan fingerprint density at radius 1 is 0.786 bits per heavy atom. The normalized spacial score (nSPS) is 12.5. The molecule has 0 radical (unpaired) electrons. The summed E-state index contributed by atoms with van der Waals surface area (Å²) >= 11 is 1.78. The van der Waals surface area contributed by atoms with Gasteiger partial charge in [-0.05, 0) is 30.3 Å². The summed E-state index contributed by atoms with van der Waals surface area (Å²) in [7, 11) is 0. The fraction of sp³-hybridized carbons (Fsp3) is 0.0909. The van der Waals surface area contributed by atoms with Crippen LogP contribution in [0, 0.1) is 5.82 Å². The van der Waals surface area contributed by atoms with Crippen molar-refractivity contribution in [1.29, 1.82) is 0 Å². The van der Waals surface area contributed by atoms with Gasteiger partial charge in [-0.3, -0.25) is 0 Å². The van der Waals surface area contributed by atoms with Crippen LogP contribution in [0.3, 0.4) is 0 Å². The van der Waals surface area contributed by atoms with Gasteiger partial charge in [-0.25, -0.2) is 9.07 Å². The van der Waals surface area contributed by atoms with E-state index in [9.17, 15) is 4.39 Å². The lowest BCUT2D eigenvalue weighted by Gasteiger charge is -2.32. The molecule has 1 aliphatic heterocycles. The molecule has 0 N–H and O–H groups in total. The SMILES string of the molecule is Fc1ccccc1Cn1cc(CN2c3ccccc3Sc3ccccc32)nn1. The topological polar surface area (TPSA) is 34.0 Å². The molecule has 1 aromatic heterocycles. The van der Waals surface area contributed by atoms with E-state index in [1.807, 2.05) is 12.3 Å². The maximum atomic E-state index is 13.9. The van der Waals surface area contributed by atoms with E-state index in [4.69, 9.17) is 0 Å². The summed E-state index contributed by atoms with van der Waals surface area (Å²) in [6.07, 6.45) is 1.89. The number of hydrogen-bond acceptors (Lipinski definition) is 4. The predicted octanol–water partition coefficient (Wildman–Crippen LogP) is 5.27. The average Bonchev–Trinajstić information content (AvgIpc) is 3.16. The molecule has 28 heavy (non-hydrogen) atoms. The zero-order chi connectivity index (χ0) is 18.9. The minimum atomic E-state index is -0.226. The highest BCUT2D eigenvalue weighted by Gasteiger charge is 2.23. The van der Waals surface area contributed by atoms with E-state index in [1.54, 1.807) is 28.6 Å². The summed E-state index contributed by atoms with van der Waals surface area (Å²) < 4.78 is 15.6. The molecular weight excluding hydrogens is 371 g/mol. The van der Waals surface area contributed by atoms with Crippen molar-refractivity contribution in [3.8, 4) is 0 Å². The summed E-state index contributed by atoms with van der Waals surface area (Å²) in [4.78, 5) is 4.71. The average molecular weight is 388 g/mol. The lowest BCUT2D eigenvalue weighted by Crippen LogP contribution is -2.20. The minimum absolute atomic E-state index is 0.226. The van der Waals surface area contributed by atoms with Crippen molar-refractivity contribution in [2.45, 2.75) is 22.9 Å². The number of anilines is 2. The van der Waals surface area contributed by atoms with Gasteiger partial charge in [0.25, 0.3) is 0 Å². The Balaban J connectivity index is 1.44. The fourth-order valence-corrected chi connectivity index (χ4v) is 4.50. The predicted molar refractivity (Wildman–Crippen MR) is 108 cm³/mol. The number of rotatable bonds is 4. The second-order valence-electron chi connectivity index (χ2n) is 6.62. The van der Waals surface area contributed by atoms with Gasteiger partial charge in [-0.1, -0.05) is 59.4 Å². The van der Waals surface area contributed by atoms with E-state index < -0.39 is 0 Å². The molecule has 1 aliphatic rings. The van der Waals surface area contributed by atoms with Gasteiger partial charge in [0, 0.05) is 15.4 Å². The van der Waals surface area contributed by atoms with Crippen molar-refractivity contribution in [2.24, 2.45) is 0 Å². The second-order valence-corrected chi connectivity index (χ2v) is 7.71. The molecule has 3 aromatic carbocycles. The van der Waals surface area contributed by atoms with Crippen molar-refractivity contribution < 1.29 is 4.39 Å². The van der Waals surface area contributed by atoms with E-state index >= 15 is 0 Å². The molecule has 6 heteroatoms. The molecule has 0 bridgehead atoms. The Morgan fingerprint density at radius 2 is 1.43 bits per heavy atom. The number of hydrogen-bond donors (Lipinski definition) is 0. The number of para-hydroxylation sites is 2. The van der Waals surface area contributed by atoms with E-state index in [0.717, 1.165) is 17.1 Å². The molecule has 5 rings (SSSR count). The quantitative estimate of drug-likeness (QED) is 0.477. The highest BCUT2D eigenvalue weighted by molar-refractivity contribution is 7.99. The Labute approximate surface area is 166 Å². The molecule has 0 spiro atoms. The maximum absolute atomic E-state index is 13.9. The smallest absolute Gasteiger partial charge is 0.128 e. The lowest BCUT2D eigenvalue weighted by atomic mass is 10.2. The Bertz CT molecular complexity index is 1100. The Hall–Kier alpha value is -3.12. The van der Waals surface area contributed by atoms with Crippen molar-refractivity contribution in [1.82, 2.24) is 15.0 Å². The maximum Gasteiger partial charge on any atom is 0.128 e. The highest BCUT2D eigenvalue weighted by atomic mass is 32.2. The number of nitrogens with zero attached hydrogens (tertiary/aromatic N) is 4. The van der Waals surface area contributed by atoms with Crippen molar-refractivity contribution in [3.05, 3.63) is 96.1 Å². The summed E-state index contributed by atoms with van der Waals surface area (Å²) in [6, 6.07) is 23.5. The van der Waals surface area contributed by atoms with Crippen LogP contribution in [-0.2, 0) is 13.1 Å². The first-order valence-electron chi connectivity index (χ1n) is 9.04. The van der Waals surface area contributed by atoms with Gasteiger partial charge in [-0.15, -0.1) is 5.10 Å². The van der Waals surface area contributed by atoms with Gasteiger partial charge in [0.05, 0.1) is 30.7 Å². The van der Waals surface area contributed by atoms with Gasteiger partial charge < -0.3 is 4.90 Å². The first kappa shape index (κ1) is 17.0. The van der Waals surface area contributed by atoms with Crippen molar-refractivity contribution >= 4 is 23.1 Å². The summed E-state index contributed by atoms with van der Waals surface area (Å²) in [6.45, 7) is 0.967. The zero-order valence-electron chi connectivity index (χ0n) is 15.0. The fourth-order valence-electron chi connectivity index (χ4n) is 3.40. The summed E-state index contributed by atoms with van der Waals surface area (Å²) in [5.41, 5.74) is 3.77. The summed E-state index contributed by atoms with van der Waals surface area (Å²) in [5.74, 6) is -0.226. The van der Waals surface area contributed by atoms with Crippen LogP contribution >= 0.6 is 11.8 Å². The second kappa shape index (κ2) is 7.13. The molecule has 0 saturated heterocycles. The van der Waals surface area contributed by atoms with E-state index in [2.05, 4.69) is 63.7 Å². The molecule has 0 aliphatic carbocycles. The molecule has 2 heterocycles. The molecule has 0 fully saturated rings. The van der Waals surface area contributed by atoms with Gasteiger partial charge in [0.1, 0.15) is 11.5 Å². The first-order valence-corrected chi connectivity index (χ1v) is 9.85. The van der Waals surface area contributed by atoms with Gasteiger partial charge in [0.15, 0.2) is 0 Å². The van der Waals surface area contributed by atoms with Crippen LogP contribution in [0.4, 0.5) is 15.8 Å². The van der Waals surface area contributed by atoms with Gasteiger partial charge >= 0.3 is 0 Å². The molecule has 0 saturated carbocycles. The number of benzene rings is 3. The van der Waals surface area contributed by atoms with Crippen LogP contribution in [0.2, 0.25) is 0 Å². The molecule has 4 aromatic rings.